The van der Waals surface area contributed by atoms with Crippen LogP contribution < -0.4 is 29.0 Å². The van der Waals surface area contributed by atoms with Gasteiger partial charge >= 0.3 is 17.1 Å². The third-order valence-electron chi connectivity index (χ3n) is 4.02. The molecule has 173 valence electrons. The minimum atomic E-state index is -0.666. The van der Waals surface area contributed by atoms with Crippen molar-refractivity contribution >= 4 is 11.6 Å². The second-order valence-corrected chi connectivity index (χ2v) is 6.08. The summed E-state index contributed by atoms with van der Waals surface area (Å²) in [6.07, 6.45) is 3.57. The van der Waals surface area contributed by atoms with E-state index in [-0.39, 0.29) is 47.4 Å². The van der Waals surface area contributed by atoms with Gasteiger partial charge in [-0.3, -0.25) is 25.1 Å². The van der Waals surface area contributed by atoms with Gasteiger partial charge in [-0.1, -0.05) is 24.3 Å². The van der Waals surface area contributed by atoms with Crippen LogP contribution in [-0.2, 0) is 23.6 Å². The number of halogens is 1. The quantitative estimate of drug-likeness (QED) is 0.133. The van der Waals surface area contributed by atoms with Crippen molar-refractivity contribution in [1.82, 2.24) is 9.97 Å². The maximum atomic E-state index is 12.1. The van der Waals surface area contributed by atoms with Crippen molar-refractivity contribution in [2.24, 2.45) is 16.5 Å². The Hall–Kier alpha value is -2.88. The van der Waals surface area contributed by atoms with Gasteiger partial charge in [0.05, 0.1) is 27.9 Å². The first-order chi connectivity index (χ1) is 14.6. The van der Waals surface area contributed by atoms with Gasteiger partial charge in [-0.05, 0) is 43.3 Å². The standard InChI is InChI=1S/C15H16N4O3.C6H8N2.ClH.Cu/c16-9-8-12(11-5-1-2-7-14(11)19(21)22)18-15(20)13-6-3-4-10-17-13;7-5-6-3-1-2-4-8-6;;/h1-7,10,12H,8-9,16H2,(H,18,20);1-4H,5,7H2;1H;/q;;;+2/p-2. The first kappa shape index (κ1) is 29.1. The van der Waals surface area contributed by atoms with Crippen LogP contribution in [0.5, 0.6) is 0 Å². The molecule has 0 aliphatic heterocycles. The molecule has 4 N–H and O–H groups in total. The predicted octanol–water partition coefficient (Wildman–Crippen LogP) is -1.27. The summed E-state index contributed by atoms with van der Waals surface area (Å²) in [6.45, 7) is 0.788. The molecule has 0 aliphatic carbocycles. The van der Waals surface area contributed by atoms with Crippen molar-refractivity contribution < 1.29 is 39.5 Å². The molecule has 0 spiro atoms. The summed E-state index contributed by atoms with van der Waals surface area (Å²) in [5.41, 5.74) is 12.3. The summed E-state index contributed by atoms with van der Waals surface area (Å²) >= 11 is 0. The Balaban J connectivity index is 0.000000816. The molecule has 2 heterocycles. The number of rotatable bonds is 7. The molecule has 32 heavy (non-hydrogen) atoms. The fourth-order valence-corrected chi connectivity index (χ4v) is 2.60. The van der Waals surface area contributed by atoms with Crippen LogP contribution in [0.3, 0.4) is 0 Å². The van der Waals surface area contributed by atoms with E-state index in [0.29, 0.717) is 18.5 Å². The Bertz CT molecular complexity index is 964. The van der Waals surface area contributed by atoms with Gasteiger partial charge in [0, 0.05) is 30.9 Å². The number of aliphatic imine (C=N–C) groups is 1. The van der Waals surface area contributed by atoms with E-state index in [2.05, 4.69) is 15.0 Å². The van der Waals surface area contributed by atoms with Crippen molar-refractivity contribution in [3.63, 3.8) is 0 Å². The maximum absolute atomic E-state index is 12.1. The van der Waals surface area contributed by atoms with E-state index in [9.17, 15) is 15.2 Å². The predicted molar refractivity (Wildman–Crippen MR) is 112 cm³/mol. The zero-order valence-corrected chi connectivity index (χ0v) is 18.7. The molecule has 11 heteroatoms. The number of hydrogen-bond donors (Lipinski definition) is 2. The molecule has 0 fully saturated rings. The molecule has 0 saturated heterocycles. The number of hydrogen-bond acceptors (Lipinski definition) is 8. The number of nitrogens with two attached hydrogens (primary N) is 2. The summed E-state index contributed by atoms with van der Waals surface area (Å²) in [5, 5.41) is 23.3. The number of benzene rings is 1. The van der Waals surface area contributed by atoms with Crippen molar-refractivity contribution in [3.05, 3.63) is 100 Å². The Kier molecular flexibility index (Phi) is 14.4. The molecular formula is C21H23ClCuN6O3. The van der Waals surface area contributed by atoms with Crippen LogP contribution in [0.15, 0.2) is 78.0 Å². The van der Waals surface area contributed by atoms with E-state index in [4.69, 9.17) is 11.5 Å². The third-order valence-corrected chi connectivity index (χ3v) is 4.02. The van der Waals surface area contributed by atoms with E-state index >= 15 is 0 Å². The normalized spacial score (nSPS) is 11.1. The zero-order chi connectivity index (χ0) is 21.8. The van der Waals surface area contributed by atoms with E-state index in [1.165, 1.54) is 12.3 Å². The third kappa shape index (κ3) is 9.09. The van der Waals surface area contributed by atoms with Gasteiger partial charge in [0.1, 0.15) is 0 Å². The fraction of sp³-hybridized carbons (Fsp3) is 0.190. The van der Waals surface area contributed by atoms with E-state index in [1.54, 1.807) is 42.6 Å². The Labute approximate surface area is 203 Å². The molecule has 1 atom stereocenters. The molecule has 3 aromatic rings. The largest absolute Gasteiger partial charge is 2.00 e. The van der Waals surface area contributed by atoms with Crippen molar-refractivity contribution in [2.45, 2.75) is 19.0 Å². The van der Waals surface area contributed by atoms with Crippen LogP contribution in [0.2, 0.25) is 0 Å². The minimum Gasteiger partial charge on any atom is -1.00 e. The Morgan fingerprint density at radius 1 is 1.00 bits per heavy atom. The summed E-state index contributed by atoms with van der Waals surface area (Å²) in [4.78, 5) is 22.6. The van der Waals surface area contributed by atoms with Crippen molar-refractivity contribution in [1.29, 1.82) is 0 Å². The maximum Gasteiger partial charge on any atom is 2.00 e. The molecule has 1 unspecified atom stereocenters. The molecule has 0 amide bonds. The van der Waals surface area contributed by atoms with E-state index in [0.717, 1.165) is 5.69 Å². The molecule has 2 aromatic heterocycles. The summed E-state index contributed by atoms with van der Waals surface area (Å²) in [5.74, 6) is -0.516. The number of pyridine rings is 2. The molecular weight excluding hydrogens is 483 g/mol. The molecule has 0 saturated carbocycles. The monoisotopic (exact) mass is 505 g/mol. The first-order valence-electron chi connectivity index (χ1n) is 9.26. The van der Waals surface area contributed by atoms with E-state index in [1.807, 2.05) is 18.2 Å². The Morgan fingerprint density at radius 3 is 2.12 bits per heavy atom. The number of aromatic nitrogens is 2. The van der Waals surface area contributed by atoms with Crippen LogP contribution in [0.25, 0.3) is 0 Å². The average Bonchev–Trinajstić information content (AvgIpc) is 2.80. The van der Waals surface area contributed by atoms with Gasteiger partial charge < -0.3 is 29.0 Å². The Morgan fingerprint density at radius 2 is 1.62 bits per heavy atom. The molecule has 3 rings (SSSR count). The minimum absolute atomic E-state index is 0. The van der Waals surface area contributed by atoms with Gasteiger partial charge in [-0.2, -0.15) is 0 Å². The van der Waals surface area contributed by atoms with Crippen LogP contribution in [0.1, 0.15) is 29.4 Å². The van der Waals surface area contributed by atoms with Gasteiger partial charge in [0.2, 0.25) is 0 Å². The van der Waals surface area contributed by atoms with Crippen LogP contribution >= 0.6 is 0 Å². The topological polar surface area (TPSA) is 156 Å². The van der Waals surface area contributed by atoms with Gasteiger partial charge in [-0.25, -0.2) is 0 Å². The van der Waals surface area contributed by atoms with Gasteiger partial charge in [0.15, 0.2) is 0 Å². The average molecular weight is 506 g/mol. The van der Waals surface area contributed by atoms with Crippen LogP contribution in [0.4, 0.5) is 5.69 Å². The summed E-state index contributed by atoms with van der Waals surface area (Å²) < 4.78 is 0. The number of nitro benzene ring substituents is 1. The van der Waals surface area contributed by atoms with Crippen LogP contribution in [-0.4, -0.2) is 27.3 Å². The number of nitrogens with zero attached hydrogens (tertiary/aromatic N) is 4. The molecule has 0 aliphatic rings. The number of para-hydroxylation sites is 1. The molecule has 1 radical (unpaired) electrons. The van der Waals surface area contributed by atoms with Crippen molar-refractivity contribution in [2.75, 3.05) is 6.54 Å². The SMILES string of the molecule is NCCC(N=C([O-])c1ccccn1)c1ccccc1[N+](=O)[O-].NCc1ccccn1.[Cl-].[Cu+2]. The zero-order valence-electron chi connectivity index (χ0n) is 17.0. The second-order valence-electron chi connectivity index (χ2n) is 6.08. The van der Waals surface area contributed by atoms with Gasteiger partial charge in [-0.15, -0.1) is 0 Å². The molecule has 9 nitrogen and oxygen atoms in total. The van der Waals surface area contributed by atoms with Crippen LogP contribution in [0, 0.1) is 10.1 Å². The fourth-order valence-electron chi connectivity index (χ4n) is 2.60. The van der Waals surface area contributed by atoms with Gasteiger partial charge in [0.25, 0.3) is 5.69 Å². The first-order valence-corrected chi connectivity index (χ1v) is 9.26. The molecule has 0 bridgehead atoms. The van der Waals surface area contributed by atoms with E-state index < -0.39 is 16.9 Å². The summed E-state index contributed by atoms with van der Waals surface area (Å²) in [6, 6.07) is 16.2. The second kappa shape index (κ2) is 15.9. The van der Waals surface area contributed by atoms with Crippen molar-refractivity contribution in [3.8, 4) is 0 Å². The molecule has 1 aromatic carbocycles. The summed E-state index contributed by atoms with van der Waals surface area (Å²) in [7, 11) is 0. The number of nitro groups is 1. The smallest absolute Gasteiger partial charge is 1.00 e.